The van der Waals surface area contributed by atoms with E-state index in [9.17, 15) is 20.0 Å². The molecule has 2 N–H and O–H groups in total. The number of benzene rings is 1. The van der Waals surface area contributed by atoms with E-state index in [1.807, 2.05) is 6.92 Å². The van der Waals surface area contributed by atoms with Crippen LogP contribution < -0.4 is 5.32 Å². The zero-order valence-electron chi connectivity index (χ0n) is 13.5. The van der Waals surface area contributed by atoms with Crippen molar-refractivity contribution in [2.45, 2.75) is 26.4 Å². The molecule has 1 aromatic heterocycles. The molecular formula is C16H20N4O4. The van der Waals surface area contributed by atoms with E-state index in [1.165, 1.54) is 23.0 Å². The summed E-state index contributed by atoms with van der Waals surface area (Å²) >= 11 is 0. The Labute approximate surface area is 139 Å². The highest BCUT2D eigenvalue weighted by Crippen LogP contribution is 2.15. The van der Waals surface area contributed by atoms with Gasteiger partial charge >= 0.3 is 0 Å². The number of aliphatic hydroxyl groups is 1. The van der Waals surface area contributed by atoms with Crippen molar-refractivity contribution in [3.8, 4) is 5.69 Å². The first-order valence-corrected chi connectivity index (χ1v) is 7.62. The number of nitrogens with zero attached hydrogens (tertiary/aromatic N) is 3. The highest BCUT2D eigenvalue weighted by molar-refractivity contribution is 5.93. The highest BCUT2D eigenvalue weighted by Gasteiger charge is 2.12. The molecular weight excluding hydrogens is 312 g/mol. The molecule has 2 rings (SSSR count). The van der Waals surface area contributed by atoms with Crippen LogP contribution in [0, 0.1) is 16.0 Å². The molecule has 0 aliphatic rings. The second kappa shape index (κ2) is 7.69. The van der Waals surface area contributed by atoms with Crippen LogP contribution in [-0.2, 0) is 0 Å². The average Bonchev–Trinajstić information content (AvgIpc) is 3.02. The fourth-order valence-corrected chi connectivity index (χ4v) is 2.34. The summed E-state index contributed by atoms with van der Waals surface area (Å²) in [6.07, 6.45) is 3.22. The first kappa shape index (κ1) is 17.6. The molecule has 0 saturated heterocycles. The SMILES string of the molecule is CC(O)CC(C)CNC(=O)c1cnn(-c2ccc([N+](=O)[O-])cc2)c1. The van der Waals surface area contributed by atoms with Crippen LogP contribution in [0.2, 0.25) is 0 Å². The maximum absolute atomic E-state index is 12.1. The lowest BCUT2D eigenvalue weighted by Gasteiger charge is -2.13. The van der Waals surface area contributed by atoms with Gasteiger partial charge in [-0.05, 0) is 31.4 Å². The number of hydrogen-bond acceptors (Lipinski definition) is 5. The molecule has 128 valence electrons. The van der Waals surface area contributed by atoms with Gasteiger partial charge in [0.25, 0.3) is 11.6 Å². The number of non-ortho nitro benzene ring substituents is 1. The lowest BCUT2D eigenvalue weighted by Crippen LogP contribution is -2.29. The minimum absolute atomic E-state index is 0.00373. The molecule has 0 fully saturated rings. The van der Waals surface area contributed by atoms with E-state index in [1.54, 1.807) is 25.3 Å². The van der Waals surface area contributed by atoms with Gasteiger partial charge in [-0.2, -0.15) is 5.10 Å². The molecule has 0 saturated carbocycles. The quantitative estimate of drug-likeness (QED) is 0.594. The summed E-state index contributed by atoms with van der Waals surface area (Å²) in [5, 5.41) is 26.9. The van der Waals surface area contributed by atoms with Gasteiger partial charge in [-0.3, -0.25) is 14.9 Å². The van der Waals surface area contributed by atoms with E-state index in [0.717, 1.165) is 0 Å². The molecule has 2 atom stereocenters. The van der Waals surface area contributed by atoms with Crippen LogP contribution in [0.15, 0.2) is 36.7 Å². The van der Waals surface area contributed by atoms with Gasteiger partial charge in [-0.25, -0.2) is 4.68 Å². The molecule has 2 unspecified atom stereocenters. The minimum Gasteiger partial charge on any atom is -0.393 e. The third-order valence-electron chi connectivity index (χ3n) is 3.52. The number of hydrogen-bond donors (Lipinski definition) is 2. The van der Waals surface area contributed by atoms with Crippen molar-refractivity contribution in [2.24, 2.45) is 5.92 Å². The first-order valence-electron chi connectivity index (χ1n) is 7.62. The predicted octanol–water partition coefficient (Wildman–Crippen LogP) is 1.92. The Bertz CT molecular complexity index is 709. The van der Waals surface area contributed by atoms with Crippen LogP contribution >= 0.6 is 0 Å². The van der Waals surface area contributed by atoms with Crippen LogP contribution in [0.25, 0.3) is 5.69 Å². The molecule has 2 aromatic rings. The second-order valence-electron chi connectivity index (χ2n) is 5.85. The second-order valence-corrected chi connectivity index (χ2v) is 5.85. The van der Waals surface area contributed by atoms with Crippen molar-refractivity contribution in [1.82, 2.24) is 15.1 Å². The van der Waals surface area contributed by atoms with E-state index in [4.69, 9.17) is 0 Å². The number of nitro benzene ring substituents is 1. The van der Waals surface area contributed by atoms with Crippen LogP contribution in [0.3, 0.4) is 0 Å². The summed E-state index contributed by atoms with van der Waals surface area (Å²) in [4.78, 5) is 22.3. The number of carbonyl (C=O) groups is 1. The maximum Gasteiger partial charge on any atom is 0.269 e. The fourth-order valence-electron chi connectivity index (χ4n) is 2.34. The summed E-state index contributed by atoms with van der Waals surface area (Å²) in [5.41, 5.74) is 1.02. The van der Waals surface area contributed by atoms with E-state index in [0.29, 0.717) is 24.2 Å². The third kappa shape index (κ3) is 4.63. The normalized spacial score (nSPS) is 13.3. The number of nitrogens with one attached hydrogen (secondary N) is 1. The van der Waals surface area contributed by atoms with E-state index in [2.05, 4.69) is 10.4 Å². The number of aliphatic hydroxyl groups excluding tert-OH is 1. The van der Waals surface area contributed by atoms with Gasteiger partial charge in [0, 0.05) is 24.9 Å². The Balaban J connectivity index is 1.99. The predicted molar refractivity (Wildman–Crippen MR) is 88.0 cm³/mol. The number of nitro groups is 1. The molecule has 0 spiro atoms. The summed E-state index contributed by atoms with van der Waals surface area (Å²) in [5.74, 6) is -0.0840. The van der Waals surface area contributed by atoms with E-state index >= 15 is 0 Å². The van der Waals surface area contributed by atoms with E-state index in [-0.39, 0.29) is 17.5 Å². The lowest BCUT2D eigenvalue weighted by molar-refractivity contribution is -0.384. The Morgan fingerprint density at radius 1 is 1.38 bits per heavy atom. The van der Waals surface area contributed by atoms with E-state index < -0.39 is 11.0 Å². The molecule has 0 bridgehead atoms. The van der Waals surface area contributed by atoms with Crippen LogP contribution in [0.5, 0.6) is 0 Å². The van der Waals surface area contributed by atoms with Gasteiger partial charge in [0.2, 0.25) is 0 Å². The number of amides is 1. The zero-order chi connectivity index (χ0) is 17.7. The molecule has 0 radical (unpaired) electrons. The number of carbonyl (C=O) groups excluding carboxylic acids is 1. The largest absolute Gasteiger partial charge is 0.393 e. The Hall–Kier alpha value is -2.74. The number of rotatable bonds is 7. The molecule has 0 aliphatic carbocycles. The smallest absolute Gasteiger partial charge is 0.269 e. The Kier molecular flexibility index (Phi) is 5.64. The molecule has 8 nitrogen and oxygen atoms in total. The monoisotopic (exact) mass is 332 g/mol. The molecule has 24 heavy (non-hydrogen) atoms. The summed E-state index contributed by atoms with van der Waals surface area (Å²) in [6.45, 7) is 4.13. The minimum atomic E-state index is -0.472. The first-order chi connectivity index (χ1) is 11.4. The van der Waals surface area contributed by atoms with Crippen molar-refractivity contribution in [3.05, 3.63) is 52.3 Å². The summed E-state index contributed by atoms with van der Waals surface area (Å²) in [6, 6.07) is 5.90. The highest BCUT2D eigenvalue weighted by atomic mass is 16.6. The van der Waals surface area contributed by atoms with Crippen molar-refractivity contribution in [1.29, 1.82) is 0 Å². The average molecular weight is 332 g/mol. The van der Waals surface area contributed by atoms with Crippen molar-refractivity contribution >= 4 is 11.6 Å². The maximum atomic E-state index is 12.1. The van der Waals surface area contributed by atoms with Crippen molar-refractivity contribution in [2.75, 3.05) is 6.54 Å². The van der Waals surface area contributed by atoms with Crippen molar-refractivity contribution in [3.63, 3.8) is 0 Å². The molecule has 8 heteroatoms. The van der Waals surface area contributed by atoms with Crippen molar-refractivity contribution < 1.29 is 14.8 Å². The topological polar surface area (TPSA) is 110 Å². The fraction of sp³-hybridized carbons (Fsp3) is 0.375. The van der Waals surface area contributed by atoms with Gasteiger partial charge in [0.05, 0.1) is 28.5 Å². The summed E-state index contributed by atoms with van der Waals surface area (Å²) in [7, 11) is 0. The van der Waals surface area contributed by atoms with Crippen LogP contribution in [0.1, 0.15) is 30.6 Å². The molecule has 1 aromatic carbocycles. The standard InChI is InChI=1S/C16H20N4O4/c1-11(7-12(2)21)8-17-16(22)13-9-18-19(10-13)14-3-5-15(6-4-14)20(23)24/h3-6,9-12,21H,7-8H2,1-2H3,(H,17,22). The van der Waals surface area contributed by atoms with Gasteiger partial charge in [0.1, 0.15) is 0 Å². The molecule has 1 amide bonds. The van der Waals surface area contributed by atoms with Crippen LogP contribution in [-0.4, -0.2) is 38.4 Å². The third-order valence-corrected chi connectivity index (χ3v) is 3.52. The molecule has 1 heterocycles. The van der Waals surface area contributed by atoms with Gasteiger partial charge in [-0.15, -0.1) is 0 Å². The van der Waals surface area contributed by atoms with Gasteiger partial charge in [-0.1, -0.05) is 6.92 Å². The number of aromatic nitrogens is 2. The Morgan fingerprint density at radius 3 is 2.62 bits per heavy atom. The van der Waals surface area contributed by atoms with Gasteiger partial charge < -0.3 is 10.4 Å². The van der Waals surface area contributed by atoms with Gasteiger partial charge in [0.15, 0.2) is 0 Å². The summed E-state index contributed by atoms with van der Waals surface area (Å²) < 4.78 is 1.48. The Morgan fingerprint density at radius 2 is 2.04 bits per heavy atom. The van der Waals surface area contributed by atoms with Crippen LogP contribution in [0.4, 0.5) is 5.69 Å². The molecule has 0 aliphatic heterocycles. The lowest BCUT2D eigenvalue weighted by atomic mass is 10.0. The zero-order valence-corrected chi connectivity index (χ0v) is 13.5.